The molecule has 0 heterocycles. The lowest BCUT2D eigenvalue weighted by Crippen LogP contribution is -2.27. The fraction of sp³-hybridized carbons (Fsp3) is 0.444. The largest absolute Gasteiger partial charge is 0.492 e. The molecule has 0 spiro atoms. The molecule has 1 N–H and O–H groups in total. The first kappa shape index (κ1) is 20.5. The maximum absolute atomic E-state index is 11.7. The highest BCUT2D eigenvalue weighted by molar-refractivity contribution is 5.98. The number of esters is 2. The van der Waals surface area contributed by atoms with E-state index in [2.05, 4.69) is 33.5 Å². The summed E-state index contributed by atoms with van der Waals surface area (Å²) in [6.07, 6.45) is 1.04. The van der Waals surface area contributed by atoms with Crippen molar-refractivity contribution in [1.29, 1.82) is 0 Å². The fourth-order valence-corrected chi connectivity index (χ4v) is 2.06. The molecule has 1 aromatic carbocycles. The second-order valence-electron chi connectivity index (χ2n) is 5.10. The first-order chi connectivity index (χ1) is 12.0. The summed E-state index contributed by atoms with van der Waals surface area (Å²) in [4.78, 5) is 25.3. The molecule has 0 fully saturated rings. The number of methoxy groups -OCH3 is 2. The maximum Gasteiger partial charge on any atom is 0.354 e. The molecule has 1 aromatic rings. The molecule has 0 saturated carbocycles. The molecule has 138 valence electrons. The third-order valence-electron chi connectivity index (χ3n) is 3.57. The molecule has 7 heteroatoms. The van der Waals surface area contributed by atoms with Crippen LogP contribution in [0.25, 0.3) is 0 Å². The highest BCUT2D eigenvalue weighted by Crippen LogP contribution is 2.17. The van der Waals surface area contributed by atoms with Crippen LogP contribution in [0.3, 0.4) is 0 Å². The zero-order chi connectivity index (χ0) is 18.7. The summed E-state index contributed by atoms with van der Waals surface area (Å²) in [5.41, 5.74) is 0.612. The first-order valence-electron chi connectivity index (χ1n) is 8.14. The van der Waals surface area contributed by atoms with E-state index in [0.717, 1.165) is 31.5 Å². The summed E-state index contributed by atoms with van der Waals surface area (Å²) in [7, 11) is 2.47. The highest BCUT2D eigenvalue weighted by atomic mass is 16.5. The molecule has 0 aliphatic heterocycles. The predicted octanol–water partition coefficient (Wildman–Crippen LogP) is 2.05. The van der Waals surface area contributed by atoms with Crippen molar-refractivity contribution < 1.29 is 23.8 Å². The van der Waals surface area contributed by atoms with Gasteiger partial charge in [-0.3, -0.25) is 0 Å². The van der Waals surface area contributed by atoms with Gasteiger partial charge in [-0.2, -0.15) is 0 Å². The van der Waals surface area contributed by atoms with Gasteiger partial charge < -0.3 is 24.4 Å². The minimum atomic E-state index is -0.662. The van der Waals surface area contributed by atoms with E-state index >= 15 is 0 Å². The SMILES string of the molecule is CCN(CC)CCOc1ccc(N/C(=C/C(=O)OC)C(=O)OC)cc1. The Balaban J connectivity index is 2.66. The summed E-state index contributed by atoms with van der Waals surface area (Å²) in [6.45, 7) is 7.68. The standard InChI is InChI=1S/C18H26N2O5/c1-5-20(6-2)11-12-25-15-9-7-14(8-10-15)19-16(18(22)24-4)13-17(21)23-3/h7-10,13,19H,5-6,11-12H2,1-4H3/b16-13+. The van der Waals surface area contributed by atoms with E-state index < -0.39 is 11.9 Å². The summed E-state index contributed by atoms with van der Waals surface area (Å²) < 4.78 is 14.9. The molecule has 0 radical (unpaired) electrons. The summed E-state index contributed by atoms with van der Waals surface area (Å²) in [6, 6.07) is 7.08. The van der Waals surface area contributed by atoms with Crippen LogP contribution in [0.2, 0.25) is 0 Å². The number of anilines is 1. The average molecular weight is 350 g/mol. The summed E-state index contributed by atoms with van der Waals surface area (Å²) in [5.74, 6) is -0.580. The molecule has 0 aromatic heterocycles. The minimum absolute atomic E-state index is 0.00967. The number of carbonyl (C=O) groups excluding carboxylic acids is 2. The monoisotopic (exact) mass is 350 g/mol. The predicted molar refractivity (Wildman–Crippen MR) is 95.5 cm³/mol. The number of hydrogen-bond donors (Lipinski definition) is 1. The number of likely N-dealkylation sites (N-methyl/N-ethyl adjacent to an activating group) is 1. The second kappa shape index (κ2) is 11.1. The zero-order valence-corrected chi connectivity index (χ0v) is 15.2. The molecule has 0 bridgehead atoms. The minimum Gasteiger partial charge on any atom is -0.492 e. The molecule has 0 aliphatic carbocycles. The third-order valence-corrected chi connectivity index (χ3v) is 3.57. The molecule has 1 rings (SSSR count). The smallest absolute Gasteiger partial charge is 0.354 e. The Labute approximate surface area is 148 Å². The molecule has 25 heavy (non-hydrogen) atoms. The van der Waals surface area contributed by atoms with Crippen molar-refractivity contribution in [3.8, 4) is 5.75 Å². The Kier molecular flexibility index (Phi) is 9.10. The lowest BCUT2D eigenvalue weighted by molar-refractivity contribution is -0.138. The van der Waals surface area contributed by atoms with Crippen LogP contribution in [0, 0.1) is 0 Å². The molecule has 0 aliphatic rings. The van der Waals surface area contributed by atoms with Crippen LogP contribution in [0.5, 0.6) is 5.75 Å². The number of benzene rings is 1. The van der Waals surface area contributed by atoms with Crippen LogP contribution in [0.4, 0.5) is 5.69 Å². The van der Waals surface area contributed by atoms with E-state index in [0.29, 0.717) is 12.3 Å². The van der Waals surface area contributed by atoms with Gasteiger partial charge in [-0.1, -0.05) is 13.8 Å². The molecule has 0 saturated heterocycles. The van der Waals surface area contributed by atoms with Crippen LogP contribution >= 0.6 is 0 Å². The van der Waals surface area contributed by atoms with Crippen LogP contribution in [-0.2, 0) is 19.1 Å². The second-order valence-corrected chi connectivity index (χ2v) is 5.10. The van der Waals surface area contributed by atoms with Crippen molar-refractivity contribution in [2.24, 2.45) is 0 Å². The topological polar surface area (TPSA) is 77.1 Å². The normalized spacial score (nSPS) is 11.2. The quantitative estimate of drug-likeness (QED) is 0.511. The zero-order valence-electron chi connectivity index (χ0n) is 15.2. The number of nitrogens with zero attached hydrogens (tertiary/aromatic N) is 1. The molecule has 0 amide bonds. The van der Waals surface area contributed by atoms with Crippen LogP contribution in [0.1, 0.15) is 13.8 Å². The Morgan fingerprint density at radius 1 is 1.08 bits per heavy atom. The first-order valence-corrected chi connectivity index (χ1v) is 8.14. The van der Waals surface area contributed by atoms with Crippen molar-refractivity contribution in [3.63, 3.8) is 0 Å². The molecular weight excluding hydrogens is 324 g/mol. The number of hydrogen-bond acceptors (Lipinski definition) is 7. The van der Waals surface area contributed by atoms with Gasteiger partial charge in [0.25, 0.3) is 0 Å². The van der Waals surface area contributed by atoms with Crippen molar-refractivity contribution in [1.82, 2.24) is 4.90 Å². The van der Waals surface area contributed by atoms with Gasteiger partial charge in [-0.25, -0.2) is 9.59 Å². The van der Waals surface area contributed by atoms with Crippen molar-refractivity contribution in [3.05, 3.63) is 36.0 Å². The van der Waals surface area contributed by atoms with Gasteiger partial charge >= 0.3 is 11.9 Å². The van der Waals surface area contributed by atoms with Gasteiger partial charge in [0.1, 0.15) is 18.1 Å². The number of ether oxygens (including phenoxy) is 3. The maximum atomic E-state index is 11.7. The van der Waals surface area contributed by atoms with E-state index in [9.17, 15) is 9.59 Å². The molecule has 0 atom stereocenters. The van der Waals surface area contributed by atoms with E-state index in [4.69, 9.17) is 4.74 Å². The molecule has 0 unspecified atom stereocenters. The number of rotatable bonds is 10. The number of carbonyl (C=O) groups is 2. The van der Waals surface area contributed by atoms with Gasteiger partial charge in [0, 0.05) is 12.2 Å². The van der Waals surface area contributed by atoms with Crippen LogP contribution in [-0.4, -0.2) is 57.3 Å². The Bertz CT molecular complexity index is 580. The average Bonchev–Trinajstić information content (AvgIpc) is 2.65. The lowest BCUT2D eigenvalue weighted by Gasteiger charge is -2.18. The van der Waals surface area contributed by atoms with E-state index in [1.165, 1.54) is 14.2 Å². The van der Waals surface area contributed by atoms with Crippen LogP contribution in [0.15, 0.2) is 36.0 Å². The highest BCUT2D eigenvalue weighted by Gasteiger charge is 2.12. The number of nitrogens with one attached hydrogen (secondary N) is 1. The Morgan fingerprint density at radius 2 is 1.72 bits per heavy atom. The van der Waals surface area contributed by atoms with Gasteiger partial charge in [0.15, 0.2) is 0 Å². The van der Waals surface area contributed by atoms with Crippen molar-refractivity contribution in [2.75, 3.05) is 45.8 Å². The third kappa shape index (κ3) is 7.26. The fourth-order valence-electron chi connectivity index (χ4n) is 2.06. The van der Waals surface area contributed by atoms with Gasteiger partial charge in [-0.05, 0) is 37.4 Å². The van der Waals surface area contributed by atoms with Crippen LogP contribution < -0.4 is 10.1 Å². The summed E-state index contributed by atoms with van der Waals surface area (Å²) in [5, 5.41) is 2.84. The Morgan fingerprint density at radius 3 is 2.24 bits per heavy atom. The van der Waals surface area contributed by atoms with Gasteiger partial charge in [0.05, 0.1) is 20.3 Å². The van der Waals surface area contributed by atoms with Crippen molar-refractivity contribution >= 4 is 17.6 Å². The lowest BCUT2D eigenvalue weighted by atomic mass is 10.2. The summed E-state index contributed by atoms with van der Waals surface area (Å²) >= 11 is 0. The van der Waals surface area contributed by atoms with Crippen molar-refractivity contribution in [2.45, 2.75) is 13.8 Å². The van der Waals surface area contributed by atoms with E-state index in [-0.39, 0.29) is 5.70 Å². The molecular formula is C18H26N2O5. The van der Waals surface area contributed by atoms with E-state index in [1.54, 1.807) is 24.3 Å². The van der Waals surface area contributed by atoms with Gasteiger partial charge in [0.2, 0.25) is 0 Å². The molecule has 7 nitrogen and oxygen atoms in total. The van der Waals surface area contributed by atoms with Gasteiger partial charge in [-0.15, -0.1) is 0 Å². The van der Waals surface area contributed by atoms with E-state index in [1.807, 2.05) is 0 Å². The Hall–Kier alpha value is -2.54.